The highest BCUT2D eigenvalue weighted by Gasteiger charge is 2.41. The van der Waals surface area contributed by atoms with E-state index in [-0.39, 0.29) is 36.7 Å². The third kappa shape index (κ3) is 4.84. The van der Waals surface area contributed by atoms with Crippen LogP contribution in [0.4, 0.5) is 10.1 Å². The minimum absolute atomic E-state index is 0.0980. The molecular weight excluding hydrogens is 463 g/mol. The van der Waals surface area contributed by atoms with Crippen LogP contribution in [-0.4, -0.2) is 38.2 Å². The number of hydrogen-bond donors (Lipinski definition) is 1. The number of nitrogens with zero attached hydrogens (tertiary/aromatic N) is 1. The molecule has 0 saturated carbocycles. The lowest BCUT2D eigenvalue weighted by molar-refractivity contribution is -0.129. The van der Waals surface area contributed by atoms with Crippen molar-refractivity contribution in [2.75, 3.05) is 25.2 Å². The maximum atomic E-state index is 13.7. The summed E-state index contributed by atoms with van der Waals surface area (Å²) < 4.78 is 30.7. The highest BCUT2D eigenvalue weighted by molar-refractivity contribution is 5.97. The van der Waals surface area contributed by atoms with E-state index in [1.807, 2.05) is 24.3 Å². The Morgan fingerprint density at radius 3 is 2.50 bits per heavy atom. The molecule has 1 saturated heterocycles. The lowest BCUT2D eigenvalue weighted by Crippen LogP contribution is -2.50. The molecule has 1 N–H and O–H groups in total. The summed E-state index contributed by atoms with van der Waals surface area (Å²) in [6.07, 6.45) is 0.263. The number of fused-ring (bicyclic) bond motifs is 1. The fourth-order valence-corrected chi connectivity index (χ4v) is 4.76. The van der Waals surface area contributed by atoms with E-state index >= 15 is 0 Å². The molecule has 0 aromatic heterocycles. The van der Waals surface area contributed by atoms with E-state index in [2.05, 4.69) is 5.32 Å². The van der Waals surface area contributed by atoms with Gasteiger partial charge in [-0.25, -0.2) is 4.39 Å². The van der Waals surface area contributed by atoms with E-state index in [4.69, 9.17) is 14.2 Å². The van der Waals surface area contributed by atoms with E-state index in [0.29, 0.717) is 41.5 Å². The van der Waals surface area contributed by atoms with Gasteiger partial charge in [0.05, 0.1) is 25.6 Å². The van der Waals surface area contributed by atoms with Crippen molar-refractivity contribution in [3.63, 3.8) is 0 Å². The Bertz CT molecular complexity index is 1230. The van der Waals surface area contributed by atoms with Crippen molar-refractivity contribution in [3.8, 4) is 17.2 Å². The number of halogens is 1. The largest absolute Gasteiger partial charge is 0.497 e. The molecule has 8 heteroatoms. The maximum Gasteiger partial charge on any atom is 0.227 e. The standard InChI is InChI=1S/C28H27FN2O5/c1-34-21-12-10-20(11-13-21)31-26(32)15-14-23(27(31)18-6-8-19(29)9-7-18)28(33)30-16-22-17-35-24-4-2-3-5-25(24)36-22/h2-13,22-23,27H,14-17H2,1H3,(H,30,33). The van der Waals surface area contributed by atoms with Crippen LogP contribution in [0.15, 0.2) is 72.8 Å². The van der Waals surface area contributed by atoms with E-state index in [0.717, 1.165) is 0 Å². The fraction of sp³-hybridized carbons (Fsp3) is 0.286. The Labute approximate surface area is 208 Å². The summed E-state index contributed by atoms with van der Waals surface area (Å²) in [6.45, 7) is 0.579. The van der Waals surface area contributed by atoms with E-state index in [9.17, 15) is 14.0 Å². The Kier molecular flexibility index (Phi) is 6.75. The summed E-state index contributed by atoms with van der Waals surface area (Å²) in [7, 11) is 1.57. The van der Waals surface area contributed by atoms with Crippen molar-refractivity contribution >= 4 is 17.5 Å². The molecular formula is C28H27FN2O5. The first-order valence-electron chi connectivity index (χ1n) is 11.9. The number of ether oxygens (including phenoxy) is 3. The van der Waals surface area contributed by atoms with Crippen LogP contribution in [0.1, 0.15) is 24.4 Å². The van der Waals surface area contributed by atoms with Gasteiger partial charge in [-0.3, -0.25) is 9.59 Å². The number of hydrogen-bond acceptors (Lipinski definition) is 5. The van der Waals surface area contributed by atoms with Crippen LogP contribution in [0.25, 0.3) is 0 Å². The molecule has 2 aliphatic heterocycles. The molecule has 3 aromatic carbocycles. The van der Waals surface area contributed by atoms with Crippen LogP contribution >= 0.6 is 0 Å². The Hall–Kier alpha value is -4.07. The van der Waals surface area contributed by atoms with Crippen molar-refractivity contribution < 1.29 is 28.2 Å². The zero-order valence-corrected chi connectivity index (χ0v) is 19.9. The maximum absolute atomic E-state index is 13.7. The molecule has 3 atom stereocenters. The predicted molar refractivity (Wildman–Crippen MR) is 132 cm³/mol. The first-order valence-corrected chi connectivity index (χ1v) is 11.9. The predicted octanol–water partition coefficient (Wildman–Crippen LogP) is 4.27. The monoisotopic (exact) mass is 490 g/mol. The molecule has 0 aliphatic carbocycles. The normalized spacial score (nSPS) is 21.1. The second kappa shape index (κ2) is 10.3. The average molecular weight is 491 g/mol. The first kappa shape index (κ1) is 23.7. The molecule has 0 bridgehead atoms. The summed E-state index contributed by atoms with van der Waals surface area (Å²) >= 11 is 0. The molecule has 5 rings (SSSR count). The van der Waals surface area contributed by atoms with Gasteiger partial charge in [-0.05, 0) is 60.5 Å². The minimum Gasteiger partial charge on any atom is -0.497 e. The van der Waals surface area contributed by atoms with Crippen LogP contribution in [0.3, 0.4) is 0 Å². The van der Waals surface area contributed by atoms with Gasteiger partial charge in [-0.15, -0.1) is 0 Å². The van der Waals surface area contributed by atoms with Crippen LogP contribution < -0.4 is 24.4 Å². The van der Waals surface area contributed by atoms with Gasteiger partial charge in [0.15, 0.2) is 11.5 Å². The Morgan fingerprint density at radius 1 is 1.06 bits per heavy atom. The van der Waals surface area contributed by atoms with Gasteiger partial charge in [-0.2, -0.15) is 0 Å². The quantitative estimate of drug-likeness (QED) is 0.558. The molecule has 2 heterocycles. The Balaban J connectivity index is 1.38. The number of benzene rings is 3. The summed E-state index contributed by atoms with van der Waals surface area (Å²) in [6, 6.07) is 19.9. The fourth-order valence-electron chi connectivity index (χ4n) is 4.76. The zero-order valence-electron chi connectivity index (χ0n) is 19.9. The molecule has 36 heavy (non-hydrogen) atoms. The molecule has 2 aliphatic rings. The highest BCUT2D eigenvalue weighted by atomic mass is 19.1. The second-order valence-corrected chi connectivity index (χ2v) is 8.85. The topological polar surface area (TPSA) is 77.1 Å². The smallest absolute Gasteiger partial charge is 0.227 e. The molecule has 186 valence electrons. The molecule has 1 fully saturated rings. The number of para-hydroxylation sites is 2. The molecule has 0 radical (unpaired) electrons. The summed E-state index contributed by atoms with van der Waals surface area (Å²) in [5.41, 5.74) is 1.33. The van der Waals surface area contributed by atoms with E-state index < -0.39 is 12.0 Å². The molecule has 3 unspecified atom stereocenters. The van der Waals surface area contributed by atoms with Crippen LogP contribution in [-0.2, 0) is 9.59 Å². The van der Waals surface area contributed by atoms with Gasteiger partial charge < -0.3 is 24.4 Å². The minimum atomic E-state index is -0.593. The van der Waals surface area contributed by atoms with Gasteiger partial charge in [0.2, 0.25) is 11.8 Å². The lowest BCUT2D eigenvalue weighted by atomic mass is 9.83. The SMILES string of the molecule is COc1ccc(N2C(=O)CCC(C(=O)NCC3COc4ccccc4O3)C2c2ccc(F)cc2)cc1. The summed E-state index contributed by atoms with van der Waals surface area (Å²) in [4.78, 5) is 28.3. The first-order chi connectivity index (χ1) is 17.5. The van der Waals surface area contributed by atoms with Crippen molar-refractivity contribution in [1.82, 2.24) is 5.32 Å². The van der Waals surface area contributed by atoms with Crippen molar-refractivity contribution in [1.29, 1.82) is 0 Å². The van der Waals surface area contributed by atoms with Crippen LogP contribution in [0, 0.1) is 11.7 Å². The van der Waals surface area contributed by atoms with Gasteiger partial charge >= 0.3 is 0 Å². The number of amides is 2. The van der Waals surface area contributed by atoms with Gasteiger partial charge in [-0.1, -0.05) is 24.3 Å². The zero-order chi connectivity index (χ0) is 25.1. The molecule has 2 amide bonds. The third-order valence-electron chi connectivity index (χ3n) is 6.57. The summed E-state index contributed by atoms with van der Waals surface area (Å²) in [5, 5.41) is 2.99. The highest BCUT2D eigenvalue weighted by Crippen LogP contribution is 2.40. The van der Waals surface area contributed by atoms with Gasteiger partial charge in [0.1, 0.15) is 24.3 Å². The average Bonchev–Trinajstić information content (AvgIpc) is 2.92. The van der Waals surface area contributed by atoms with E-state index in [1.54, 1.807) is 48.4 Å². The van der Waals surface area contributed by atoms with Crippen molar-refractivity contribution in [2.24, 2.45) is 5.92 Å². The number of anilines is 1. The lowest BCUT2D eigenvalue weighted by Gasteiger charge is -2.41. The number of piperidine rings is 1. The van der Waals surface area contributed by atoms with Crippen LogP contribution in [0.5, 0.6) is 17.2 Å². The molecule has 7 nitrogen and oxygen atoms in total. The van der Waals surface area contributed by atoms with Crippen molar-refractivity contribution in [2.45, 2.75) is 25.0 Å². The number of nitrogens with one attached hydrogen (secondary N) is 1. The number of carbonyl (C=O) groups is 2. The van der Waals surface area contributed by atoms with Gasteiger partial charge in [0.25, 0.3) is 0 Å². The van der Waals surface area contributed by atoms with E-state index in [1.165, 1.54) is 12.1 Å². The Morgan fingerprint density at radius 2 is 1.78 bits per heavy atom. The van der Waals surface area contributed by atoms with Crippen LogP contribution in [0.2, 0.25) is 0 Å². The molecule has 3 aromatic rings. The number of carbonyl (C=O) groups excluding carboxylic acids is 2. The van der Waals surface area contributed by atoms with Gasteiger partial charge in [0, 0.05) is 12.1 Å². The van der Waals surface area contributed by atoms with Crippen molar-refractivity contribution in [3.05, 3.63) is 84.2 Å². The number of rotatable bonds is 6. The summed E-state index contributed by atoms with van der Waals surface area (Å²) in [5.74, 6) is 0.766. The number of methoxy groups -OCH3 is 1. The third-order valence-corrected chi connectivity index (χ3v) is 6.57. The molecule has 0 spiro atoms. The second-order valence-electron chi connectivity index (χ2n) is 8.85.